The molecule has 5 N–H and O–H groups in total. The van der Waals surface area contributed by atoms with Gasteiger partial charge in [0.1, 0.15) is 17.9 Å². The summed E-state index contributed by atoms with van der Waals surface area (Å²) in [7, 11) is -4.60. The Kier molecular flexibility index (Phi) is 5.62. The lowest BCUT2D eigenvalue weighted by Gasteiger charge is -2.25. The molecule has 20 heavy (non-hydrogen) atoms. The van der Waals surface area contributed by atoms with Gasteiger partial charge < -0.3 is 20.0 Å². The molecule has 0 radical (unpaired) electrons. The fourth-order valence-electron chi connectivity index (χ4n) is 1.63. The maximum absolute atomic E-state index is 11.2. The van der Waals surface area contributed by atoms with E-state index in [9.17, 15) is 14.5 Å². The second kappa shape index (κ2) is 6.78. The minimum absolute atomic E-state index is 0.320. The molecule has 0 amide bonds. The highest BCUT2D eigenvalue weighted by molar-refractivity contribution is 7.52. The third-order valence-corrected chi connectivity index (χ3v) is 3.74. The Labute approximate surface area is 115 Å². The van der Waals surface area contributed by atoms with Gasteiger partial charge in [-0.25, -0.2) is 0 Å². The second-order valence-electron chi connectivity index (χ2n) is 4.11. The lowest BCUT2D eigenvalue weighted by molar-refractivity contribution is -0.142. The highest BCUT2D eigenvalue weighted by Crippen LogP contribution is 2.40. The zero-order valence-electron chi connectivity index (χ0n) is 10.5. The summed E-state index contributed by atoms with van der Waals surface area (Å²) in [6.45, 7) is 3.24. The zero-order valence-corrected chi connectivity index (χ0v) is 11.4. The van der Waals surface area contributed by atoms with Crippen molar-refractivity contribution in [1.29, 1.82) is 0 Å². The first kappa shape index (κ1) is 16.6. The highest BCUT2D eigenvalue weighted by Gasteiger charge is 2.35. The van der Waals surface area contributed by atoms with Gasteiger partial charge in [0.05, 0.1) is 0 Å². The number of carboxylic acids is 1. The first-order valence-electron chi connectivity index (χ1n) is 5.67. The van der Waals surface area contributed by atoms with E-state index in [4.69, 9.17) is 14.9 Å². The quantitative estimate of drug-likeness (QED) is 0.365. The van der Waals surface area contributed by atoms with Gasteiger partial charge in [-0.15, -0.1) is 6.58 Å². The van der Waals surface area contributed by atoms with Crippen LogP contribution in [0.25, 0.3) is 0 Å². The van der Waals surface area contributed by atoms with Gasteiger partial charge in [0.25, 0.3) is 0 Å². The number of nitrogens with one attached hydrogen (secondary N) is 1. The number of hydrogen-bond donors (Lipinski definition) is 5. The van der Waals surface area contributed by atoms with Crippen LogP contribution in [0.4, 0.5) is 0 Å². The van der Waals surface area contributed by atoms with E-state index in [0.717, 1.165) is 6.08 Å². The van der Waals surface area contributed by atoms with E-state index in [2.05, 4.69) is 11.9 Å². The minimum Gasteiger partial charge on any atom is -0.480 e. The molecule has 1 aromatic carbocycles. The predicted molar refractivity (Wildman–Crippen MR) is 72.0 cm³/mol. The Hall–Kier alpha value is -1.50. The van der Waals surface area contributed by atoms with E-state index < -0.39 is 31.5 Å². The second-order valence-corrected chi connectivity index (χ2v) is 5.84. The van der Waals surface area contributed by atoms with Crippen molar-refractivity contribution in [2.75, 3.05) is 0 Å². The molecule has 0 saturated heterocycles. The molecular formula is C12H16NO6P. The predicted octanol–water partition coefficient (Wildman–Crippen LogP) is 0.453. The molecular weight excluding hydrogens is 285 g/mol. The van der Waals surface area contributed by atoms with Crippen LogP contribution in [-0.2, 0) is 9.36 Å². The van der Waals surface area contributed by atoms with Crippen molar-refractivity contribution in [2.45, 2.75) is 17.9 Å². The van der Waals surface area contributed by atoms with Crippen molar-refractivity contribution >= 4 is 13.6 Å². The molecule has 1 aromatic rings. The van der Waals surface area contributed by atoms with Crippen molar-refractivity contribution in [3.63, 3.8) is 0 Å². The summed E-state index contributed by atoms with van der Waals surface area (Å²) >= 11 is 0. The van der Waals surface area contributed by atoms with E-state index in [-0.39, 0.29) is 0 Å². The van der Waals surface area contributed by atoms with E-state index in [1.807, 2.05) is 0 Å². The third-order valence-electron chi connectivity index (χ3n) is 2.66. The van der Waals surface area contributed by atoms with Crippen LogP contribution in [0.1, 0.15) is 11.7 Å². The number of carbonyl (C=O) groups is 1. The molecule has 0 heterocycles. The number of rotatable bonds is 7. The van der Waals surface area contributed by atoms with E-state index >= 15 is 0 Å². The number of aliphatic carboxylic acids is 1. The van der Waals surface area contributed by atoms with Crippen LogP contribution < -0.4 is 5.32 Å². The molecule has 8 heteroatoms. The minimum atomic E-state index is -4.60. The molecule has 7 nitrogen and oxygen atoms in total. The first-order valence-corrected chi connectivity index (χ1v) is 7.35. The van der Waals surface area contributed by atoms with Gasteiger partial charge in [0.2, 0.25) is 0 Å². The molecule has 0 aromatic heterocycles. The first-order chi connectivity index (χ1) is 9.27. The van der Waals surface area contributed by atoms with Gasteiger partial charge in [-0.05, 0) is 5.56 Å². The number of aliphatic hydroxyl groups is 1. The fraction of sp³-hybridized carbons (Fsp3) is 0.250. The summed E-state index contributed by atoms with van der Waals surface area (Å²) in [5, 5.41) is 21.3. The number of benzene rings is 1. The summed E-state index contributed by atoms with van der Waals surface area (Å²) in [5.41, 5.74) is 0.320. The smallest absolute Gasteiger partial charge is 0.346 e. The lowest BCUT2D eigenvalue weighted by Crippen LogP contribution is -2.46. The lowest BCUT2D eigenvalue weighted by atomic mass is 10.0. The Morgan fingerprint density at radius 1 is 1.30 bits per heavy atom. The van der Waals surface area contributed by atoms with Crippen LogP contribution in [-0.4, -0.2) is 37.8 Å². The van der Waals surface area contributed by atoms with Gasteiger partial charge in [-0.2, -0.15) is 0 Å². The van der Waals surface area contributed by atoms with Crippen molar-refractivity contribution in [3.05, 3.63) is 48.6 Å². The van der Waals surface area contributed by atoms with Crippen LogP contribution in [0.5, 0.6) is 0 Å². The Balaban J connectivity index is 2.98. The normalized spacial score (nSPS) is 16.1. The monoisotopic (exact) mass is 301 g/mol. The molecule has 110 valence electrons. The van der Waals surface area contributed by atoms with E-state index in [1.165, 1.54) is 12.1 Å². The SMILES string of the molecule is C=CC(N[C@H](C(=O)O)C(O)c1ccccc1)P(=O)(O)O. The van der Waals surface area contributed by atoms with Crippen molar-refractivity contribution < 1.29 is 29.4 Å². The van der Waals surface area contributed by atoms with E-state index in [1.54, 1.807) is 18.2 Å². The van der Waals surface area contributed by atoms with Crippen molar-refractivity contribution in [3.8, 4) is 0 Å². The van der Waals surface area contributed by atoms with Gasteiger partial charge in [-0.1, -0.05) is 36.4 Å². The molecule has 0 saturated carbocycles. The Morgan fingerprint density at radius 3 is 2.25 bits per heavy atom. The average molecular weight is 301 g/mol. The fourth-order valence-corrected chi connectivity index (χ4v) is 2.26. The molecule has 0 aliphatic rings. The number of hydrogen-bond acceptors (Lipinski definition) is 4. The maximum atomic E-state index is 11.2. The van der Waals surface area contributed by atoms with Crippen LogP contribution >= 0.6 is 7.60 Å². The standard InChI is InChI=1S/C12H16NO6P/c1-2-9(20(17,18)19)13-10(12(15)16)11(14)8-6-4-3-5-7-8/h2-7,9-11,13-14H,1H2,(H,15,16)(H2,17,18,19)/t9?,10-,11?/m0/s1. The molecule has 0 fully saturated rings. The van der Waals surface area contributed by atoms with Crippen molar-refractivity contribution in [1.82, 2.24) is 5.32 Å². The number of aliphatic hydroxyl groups excluding tert-OH is 1. The van der Waals surface area contributed by atoms with Crippen LogP contribution in [0.2, 0.25) is 0 Å². The zero-order chi connectivity index (χ0) is 15.3. The van der Waals surface area contributed by atoms with Crippen LogP contribution in [0.3, 0.4) is 0 Å². The molecule has 0 spiro atoms. The average Bonchev–Trinajstić information content (AvgIpc) is 2.38. The molecule has 2 unspecified atom stereocenters. The van der Waals surface area contributed by atoms with Gasteiger partial charge >= 0.3 is 13.6 Å². The van der Waals surface area contributed by atoms with E-state index in [0.29, 0.717) is 5.56 Å². The summed E-state index contributed by atoms with van der Waals surface area (Å²) in [4.78, 5) is 29.3. The van der Waals surface area contributed by atoms with Gasteiger partial charge in [0, 0.05) is 0 Å². The summed E-state index contributed by atoms with van der Waals surface area (Å²) in [6.07, 6.45) is -0.545. The van der Waals surface area contributed by atoms with Crippen molar-refractivity contribution in [2.24, 2.45) is 0 Å². The summed E-state index contributed by atoms with van der Waals surface area (Å²) in [5.74, 6) is -2.98. The highest BCUT2D eigenvalue weighted by atomic mass is 31.2. The van der Waals surface area contributed by atoms with Crippen LogP contribution in [0.15, 0.2) is 43.0 Å². The molecule has 0 bridgehead atoms. The molecule has 0 aliphatic heterocycles. The van der Waals surface area contributed by atoms with Gasteiger partial charge in [-0.3, -0.25) is 14.7 Å². The number of carboxylic acid groups (broad SMARTS) is 1. The maximum Gasteiger partial charge on any atom is 0.346 e. The Morgan fingerprint density at radius 2 is 1.85 bits per heavy atom. The van der Waals surface area contributed by atoms with Crippen LogP contribution in [0, 0.1) is 0 Å². The molecule has 1 rings (SSSR count). The largest absolute Gasteiger partial charge is 0.480 e. The topological polar surface area (TPSA) is 127 Å². The van der Waals surface area contributed by atoms with Gasteiger partial charge in [0.15, 0.2) is 0 Å². The molecule has 3 atom stereocenters. The summed E-state index contributed by atoms with van der Waals surface area (Å²) in [6, 6.07) is 6.39. The third kappa shape index (κ3) is 4.26. The summed E-state index contributed by atoms with van der Waals surface area (Å²) < 4.78 is 11.2. The molecule has 0 aliphatic carbocycles. The Bertz CT molecular complexity index is 514.